The van der Waals surface area contributed by atoms with Gasteiger partial charge >= 0.3 is 0 Å². The summed E-state index contributed by atoms with van der Waals surface area (Å²) in [6, 6.07) is -0.749. The van der Waals surface area contributed by atoms with Gasteiger partial charge < -0.3 is 26.4 Å². The highest BCUT2D eigenvalue weighted by Crippen LogP contribution is 2.12. The third-order valence-corrected chi connectivity index (χ3v) is 2.05. The van der Waals surface area contributed by atoms with Crippen LogP contribution in [0.4, 0.5) is 0 Å². The second kappa shape index (κ2) is 3.46. The number of nitrogens with two attached hydrogens (primary N) is 1. The summed E-state index contributed by atoms with van der Waals surface area (Å²) in [7, 11) is 0. The number of rotatable bonds is 2. The molecule has 4 atom stereocenters. The largest absolute Gasteiger partial charge is 0.395 e. The quantitative estimate of drug-likeness (QED) is 0.298. The normalized spacial score (nSPS) is 44.7. The molecule has 0 aromatic rings. The van der Waals surface area contributed by atoms with Crippen molar-refractivity contribution >= 4 is 0 Å². The third kappa shape index (κ3) is 1.52. The Labute approximate surface area is 64.8 Å². The first kappa shape index (κ1) is 8.89. The van der Waals surface area contributed by atoms with Crippen LogP contribution < -0.4 is 11.1 Å². The summed E-state index contributed by atoms with van der Waals surface area (Å²) < 4.78 is 0. The number of nitrogens with one attached hydrogen (secondary N) is 1. The molecule has 1 rings (SSSR count). The first-order valence-electron chi connectivity index (χ1n) is 3.63. The van der Waals surface area contributed by atoms with E-state index in [0.29, 0.717) is 0 Å². The topological polar surface area (TPSA) is 98.7 Å². The molecule has 1 fully saturated rings. The predicted octanol–water partition coefficient (Wildman–Crippen LogP) is -3.00. The Morgan fingerprint density at radius 1 is 1.18 bits per heavy atom. The van der Waals surface area contributed by atoms with Gasteiger partial charge in [-0.1, -0.05) is 0 Å². The molecule has 0 aliphatic carbocycles. The minimum absolute atomic E-state index is 0.186. The Kier molecular flexibility index (Phi) is 2.80. The fourth-order valence-corrected chi connectivity index (χ4v) is 1.32. The zero-order chi connectivity index (χ0) is 8.43. The van der Waals surface area contributed by atoms with E-state index >= 15 is 0 Å². The van der Waals surface area contributed by atoms with Crippen LogP contribution in [0, 0.1) is 0 Å². The van der Waals surface area contributed by atoms with Crippen molar-refractivity contribution in [2.45, 2.75) is 24.3 Å². The molecule has 1 aliphatic rings. The Balaban J connectivity index is 2.53. The van der Waals surface area contributed by atoms with Gasteiger partial charge in [0.2, 0.25) is 0 Å². The fourth-order valence-electron chi connectivity index (χ4n) is 1.32. The Hall–Kier alpha value is -0.200. The summed E-state index contributed by atoms with van der Waals surface area (Å²) in [5.74, 6) is 0. The lowest BCUT2D eigenvalue weighted by Gasteiger charge is -2.12. The van der Waals surface area contributed by atoms with Gasteiger partial charge in [0.25, 0.3) is 0 Å². The summed E-state index contributed by atoms with van der Waals surface area (Å²) in [5, 5.41) is 30.0. The summed E-state index contributed by atoms with van der Waals surface area (Å²) in [6.07, 6.45) is -1.77. The molecule has 0 aromatic heterocycles. The summed E-state index contributed by atoms with van der Waals surface area (Å²) in [5.41, 5.74) is 5.29. The van der Waals surface area contributed by atoms with Crippen LogP contribution in [0.2, 0.25) is 0 Å². The monoisotopic (exact) mass is 162 g/mol. The Bertz CT molecular complexity index is 115. The molecule has 11 heavy (non-hydrogen) atoms. The molecule has 0 bridgehead atoms. The van der Waals surface area contributed by atoms with E-state index < -0.39 is 18.2 Å². The van der Waals surface area contributed by atoms with Crippen molar-refractivity contribution in [3.05, 3.63) is 0 Å². The van der Waals surface area contributed by atoms with Gasteiger partial charge in [0, 0.05) is 12.6 Å². The second-order valence-corrected chi connectivity index (χ2v) is 2.78. The first-order chi connectivity index (χ1) is 5.20. The molecule has 0 spiro atoms. The van der Waals surface area contributed by atoms with Gasteiger partial charge in [-0.3, -0.25) is 0 Å². The van der Waals surface area contributed by atoms with Gasteiger partial charge in [0.1, 0.15) is 0 Å². The van der Waals surface area contributed by atoms with E-state index in [0.717, 1.165) is 0 Å². The molecule has 0 aromatic carbocycles. The van der Waals surface area contributed by atoms with Crippen LogP contribution in [0.1, 0.15) is 0 Å². The molecule has 0 unspecified atom stereocenters. The standard InChI is InChI=1S/C6H14N2O3/c7-1-3-5(10)6(11)4(2-9)8-3/h3-6,8-11H,1-2,7H2/t3-,4-,5-,6-/m1/s1. The zero-order valence-electron chi connectivity index (χ0n) is 6.14. The molecule has 0 amide bonds. The van der Waals surface area contributed by atoms with Crippen molar-refractivity contribution in [1.82, 2.24) is 5.32 Å². The lowest BCUT2D eigenvalue weighted by Crippen LogP contribution is -2.40. The van der Waals surface area contributed by atoms with E-state index in [1.807, 2.05) is 0 Å². The van der Waals surface area contributed by atoms with Crippen molar-refractivity contribution in [1.29, 1.82) is 0 Å². The average molecular weight is 162 g/mol. The van der Waals surface area contributed by atoms with E-state index in [2.05, 4.69) is 5.32 Å². The minimum Gasteiger partial charge on any atom is -0.395 e. The van der Waals surface area contributed by atoms with Gasteiger partial charge in [0.05, 0.1) is 24.9 Å². The highest BCUT2D eigenvalue weighted by atomic mass is 16.3. The summed E-state index contributed by atoms with van der Waals surface area (Å²) in [6.45, 7) is 0.0729. The van der Waals surface area contributed by atoms with E-state index in [9.17, 15) is 10.2 Å². The number of aliphatic hydroxyl groups is 3. The zero-order valence-corrected chi connectivity index (χ0v) is 6.14. The van der Waals surface area contributed by atoms with Crippen molar-refractivity contribution in [3.8, 4) is 0 Å². The maximum absolute atomic E-state index is 9.26. The second-order valence-electron chi connectivity index (χ2n) is 2.78. The number of hydrogen-bond donors (Lipinski definition) is 5. The highest BCUT2D eigenvalue weighted by molar-refractivity contribution is 4.98. The van der Waals surface area contributed by atoms with Crippen LogP contribution in [-0.4, -0.2) is 52.8 Å². The predicted molar refractivity (Wildman–Crippen MR) is 38.9 cm³/mol. The molecule has 6 N–H and O–H groups in total. The van der Waals surface area contributed by atoms with Crippen LogP contribution in [0.15, 0.2) is 0 Å². The molecule has 1 saturated heterocycles. The molecule has 5 nitrogen and oxygen atoms in total. The van der Waals surface area contributed by atoms with E-state index in [4.69, 9.17) is 10.8 Å². The maximum Gasteiger partial charge on any atom is 0.0989 e. The molecule has 0 saturated carbocycles. The molecule has 5 heteroatoms. The molecule has 1 heterocycles. The van der Waals surface area contributed by atoms with Gasteiger partial charge in [0.15, 0.2) is 0 Å². The van der Waals surface area contributed by atoms with Gasteiger partial charge in [-0.15, -0.1) is 0 Å². The van der Waals surface area contributed by atoms with Crippen molar-refractivity contribution in [3.63, 3.8) is 0 Å². The third-order valence-electron chi connectivity index (χ3n) is 2.05. The van der Waals surface area contributed by atoms with E-state index in [-0.39, 0.29) is 19.2 Å². The van der Waals surface area contributed by atoms with Gasteiger partial charge in [-0.05, 0) is 0 Å². The Morgan fingerprint density at radius 3 is 2.00 bits per heavy atom. The Morgan fingerprint density at radius 2 is 1.73 bits per heavy atom. The molecular formula is C6H14N2O3. The minimum atomic E-state index is -0.909. The summed E-state index contributed by atoms with van der Waals surface area (Å²) >= 11 is 0. The first-order valence-corrected chi connectivity index (χ1v) is 3.63. The maximum atomic E-state index is 9.26. The van der Waals surface area contributed by atoms with E-state index in [1.54, 1.807) is 0 Å². The molecular weight excluding hydrogens is 148 g/mol. The van der Waals surface area contributed by atoms with Crippen molar-refractivity contribution < 1.29 is 15.3 Å². The molecule has 0 radical (unpaired) electrons. The number of hydrogen-bond acceptors (Lipinski definition) is 5. The highest BCUT2D eigenvalue weighted by Gasteiger charge is 2.39. The lowest BCUT2D eigenvalue weighted by molar-refractivity contribution is 0.0205. The average Bonchev–Trinajstić information content (AvgIpc) is 2.30. The van der Waals surface area contributed by atoms with Gasteiger partial charge in [-0.25, -0.2) is 0 Å². The fraction of sp³-hybridized carbons (Fsp3) is 1.00. The smallest absolute Gasteiger partial charge is 0.0989 e. The SMILES string of the molecule is NC[C@H]1N[C@H](CO)[C@@H](O)[C@@H]1O. The van der Waals surface area contributed by atoms with Crippen LogP contribution >= 0.6 is 0 Å². The summed E-state index contributed by atoms with van der Waals surface area (Å²) in [4.78, 5) is 0. The molecule has 1 aliphatic heterocycles. The molecule has 66 valence electrons. The van der Waals surface area contributed by atoms with Crippen molar-refractivity contribution in [2.24, 2.45) is 5.73 Å². The van der Waals surface area contributed by atoms with Crippen LogP contribution in [0.5, 0.6) is 0 Å². The van der Waals surface area contributed by atoms with Crippen LogP contribution in [0.3, 0.4) is 0 Å². The van der Waals surface area contributed by atoms with Crippen LogP contribution in [0.25, 0.3) is 0 Å². The van der Waals surface area contributed by atoms with E-state index in [1.165, 1.54) is 0 Å². The van der Waals surface area contributed by atoms with Crippen molar-refractivity contribution in [2.75, 3.05) is 13.2 Å². The van der Waals surface area contributed by atoms with Crippen LogP contribution in [-0.2, 0) is 0 Å². The van der Waals surface area contributed by atoms with Gasteiger partial charge in [-0.2, -0.15) is 0 Å². The lowest BCUT2D eigenvalue weighted by atomic mass is 10.1. The number of aliphatic hydroxyl groups excluding tert-OH is 3.